The van der Waals surface area contributed by atoms with Gasteiger partial charge in [-0.25, -0.2) is 17.2 Å². The lowest BCUT2D eigenvalue weighted by atomic mass is 9.80. The van der Waals surface area contributed by atoms with Crippen LogP contribution in [-0.2, 0) is 9.84 Å². The molecule has 0 unspecified atom stereocenters. The van der Waals surface area contributed by atoms with E-state index in [0.717, 1.165) is 18.2 Å². The Morgan fingerprint density at radius 3 is 2.42 bits per heavy atom. The predicted octanol–water partition coefficient (Wildman–Crippen LogP) is 3.56. The summed E-state index contributed by atoms with van der Waals surface area (Å²) in [5.41, 5.74) is -1.16. The number of rotatable bonds is 6. The van der Waals surface area contributed by atoms with E-state index in [1.165, 1.54) is 18.2 Å². The first-order valence-corrected chi connectivity index (χ1v) is 11.7. The third-order valence-electron chi connectivity index (χ3n) is 5.49. The molecular formula is C21H22ClF2NO5S. The second-order valence-corrected chi connectivity index (χ2v) is 10.2. The summed E-state index contributed by atoms with van der Waals surface area (Å²) >= 11 is 6.09. The number of benzene rings is 2. The summed E-state index contributed by atoms with van der Waals surface area (Å²) in [6.07, 6.45) is 1.47. The molecule has 0 heterocycles. The molecule has 168 valence electrons. The average Bonchev–Trinajstić information content (AvgIpc) is 2.72. The zero-order valence-electron chi connectivity index (χ0n) is 16.4. The lowest BCUT2D eigenvalue weighted by Gasteiger charge is -2.34. The third-order valence-corrected chi connectivity index (χ3v) is 7.85. The van der Waals surface area contributed by atoms with Crippen LogP contribution in [0.4, 0.5) is 14.5 Å². The Kier molecular flexibility index (Phi) is 7.00. The molecular weight excluding hydrogens is 452 g/mol. The first-order valence-electron chi connectivity index (χ1n) is 9.65. The Hall–Kier alpha value is -2.07. The van der Waals surface area contributed by atoms with Gasteiger partial charge in [-0.15, -0.1) is 0 Å². The molecule has 1 amide bonds. The normalized spacial score (nSPS) is 21.6. The van der Waals surface area contributed by atoms with Crippen LogP contribution in [-0.4, -0.2) is 42.5 Å². The van der Waals surface area contributed by atoms with Crippen LogP contribution in [0.3, 0.4) is 0 Å². The number of sulfone groups is 1. The van der Waals surface area contributed by atoms with E-state index < -0.39 is 33.0 Å². The lowest BCUT2D eigenvalue weighted by Crippen LogP contribution is -2.38. The highest BCUT2D eigenvalue weighted by molar-refractivity contribution is 7.91. The molecule has 0 spiro atoms. The number of anilines is 1. The molecule has 2 aromatic carbocycles. The smallest absolute Gasteiger partial charge is 0.255 e. The fourth-order valence-electron chi connectivity index (χ4n) is 3.60. The summed E-state index contributed by atoms with van der Waals surface area (Å²) in [5, 5.41) is 21.7. The van der Waals surface area contributed by atoms with Gasteiger partial charge in [0.25, 0.3) is 5.91 Å². The Morgan fingerprint density at radius 2 is 1.81 bits per heavy atom. The van der Waals surface area contributed by atoms with Crippen LogP contribution in [0.15, 0.2) is 41.3 Å². The van der Waals surface area contributed by atoms with E-state index in [0.29, 0.717) is 25.7 Å². The molecule has 1 fully saturated rings. The van der Waals surface area contributed by atoms with Crippen LogP contribution < -0.4 is 5.32 Å². The van der Waals surface area contributed by atoms with Crippen molar-refractivity contribution in [2.75, 3.05) is 17.7 Å². The summed E-state index contributed by atoms with van der Waals surface area (Å²) in [6.45, 7) is -0.368. The van der Waals surface area contributed by atoms with Gasteiger partial charge < -0.3 is 15.5 Å². The summed E-state index contributed by atoms with van der Waals surface area (Å²) in [4.78, 5) is 12.3. The van der Waals surface area contributed by atoms with Gasteiger partial charge in [0.05, 0.1) is 27.9 Å². The average molecular weight is 474 g/mol. The van der Waals surface area contributed by atoms with Crippen molar-refractivity contribution in [3.8, 4) is 0 Å². The molecule has 0 atom stereocenters. The number of amides is 1. The molecule has 0 aliphatic heterocycles. The van der Waals surface area contributed by atoms with E-state index in [2.05, 4.69) is 5.32 Å². The fraction of sp³-hybridized carbons (Fsp3) is 0.381. The Labute approximate surface area is 183 Å². The Bertz CT molecular complexity index is 1090. The summed E-state index contributed by atoms with van der Waals surface area (Å²) in [6, 6.07) is 6.64. The van der Waals surface area contributed by atoms with Crippen LogP contribution >= 0.6 is 11.6 Å². The summed E-state index contributed by atoms with van der Waals surface area (Å²) in [5.74, 6) is -3.31. The molecule has 3 rings (SSSR count). The van der Waals surface area contributed by atoms with Gasteiger partial charge in [0, 0.05) is 17.3 Å². The molecule has 0 saturated heterocycles. The molecule has 31 heavy (non-hydrogen) atoms. The van der Waals surface area contributed by atoms with Crippen molar-refractivity contribution in [1.82, 2.24) is 0 Å². The fourth-order valence-corrected chi connectivity index (χ4v) is 5.88. The van der Waals surface area contributed by atoms with Gasteiger partial charge in [-0.2, -0.15) is 0 Å². The number of carbonyl (C=O) groups excluding carboxylic acids is 1. The van der Waals surface area contributed by atoms with Crippen molar-refractivity contribution >= 4 is 33.0 Å². The van der Waals surface area contributed by atoms with Gasteiger partial charge in [0.2, 0.25) is 0 Å². The van der Waals surface area contributed by atoms with E-state index >= 15 is 0 Å². The highest BCUT2D eigenvalue weighted by atomic mass is 35.5. The monoisotopic (exact) mass is 473 g/mol. The minimum Gasteiger partial charge on any atom is -0.393 e. The zero-order valence-corrected chi connectivity index (χ0v) is 18.0. The molecule has 1 saturated carbocycles. The highest BCUT2D eigenvalue weighted by Gasteiger charge is 2.35. The van der Waals surface area contributed by atoms with Crippen molar-refractivity contribution in [2.24, 2.45) is 5.92 Å². The first-order chi connectivity index (χ1) is 14.5. The van der Waals surface area contributed by atoms with Gasteiger partial charge in [0.1, 0.15) is 0 Å². The quantitative estimate of drug-likeness (QED) is 0.595. The maximum atomic E-state index is 13.3. The molecule has 10 heteroatoms. The molecule has 0 bridgehead atoms. The molecule has 6 nitrogen and oxygen atoms in total. The van der Waals surface area contributed by atoms with Crippen molar-refractivity contribution in [3.63, 3.8) is 0 Å². The number of hydrogen-bond donors (Lipinski definition) is 3. The first kappa shape index (κ1) is 23.6. The standard InChI is InChI=1S/C21H22ClF2NO5S/c22-16-3-1-14(20(27)25-15-2-4-17(23)18(24)10-15)9-19(16)31(29,30)11-13-5-7-21(28,12-26)8-6-13/h1-4,9-10,13,26,28H,5-8,11-12H2,(H,25,27). The third kappa shape index (κ3) is 5.60. The maximum absolute atomic E-state index is 13.3. The minimum atomic E-state index is -3.84. The number of aliphatic hydroxyl groups is 2. The van der Waals surface area contributed by atoms with Crippen molar-refractivity contribution in [2.45, 2.75) is 36.2 Å². The minimum absolute atomic E-state index is 0.00833. The van der Waals surface area contributed by atoms with Crippen LogP contribution in [0.5, 0.6) is 0 Å². The van der Waals surface area contributed by atoms with Gasteiger partial charge in [-0.05, 0) is 61.9 Å². The number of aliphatic hydroxyl groups excluding tert-OH is 1. The zero-order chi connectivity index (χ0) is 22.8. The largest absolute Gasteiger partial charge is 0.393 e. The van der Waals surface area contributed by atoms with E-state index in [-0.39, 0.29) is 39.4 Å². The number of halogens is 3. The number of carbonyl (C=O) groups is 1. The molecule has 0 aromatic heterocycles. The highest BCUT2D eigenvalue weighted by Crippen LogP contribution is 2.34. The van der Waals surface area contributed by atoms with E-state index in [1.54, 1.807) is 0 Å². The second-order valence-electron chi connectivity index (χ2n) is 7.84. The van der Waals surface area contributed by atoms with Crippen LogP contribution in [0.1, 0.15) is 36.0 Å². The summed E-state index contributed by atoms with van der Waals surface area (Å²) in [7, 11) is -3.84. The van der Waals surface area contributed by atoms with E-state index in [9.17, 15) is 32.2 Å². The van der Waals surface area contributed by atoms with Crippen molar-refractivity contribution in [1.29, 1.82) is 0 Å². The number of hydrogen-bond acceptors (Lipinski definition) is 5. The SMILES string of the molecule is O=C(Nc1ccc(F)c(F)c1)c1ccc(Cl)c(S(=O)(=O)CC2CCC(O)(CO)CC2)c1. The van der Waals surface area contributed by atoms with Gasteiger partial charge in [-0.3, -0.25) is 4.79 Å². The van der Waals surface area contributed by atoms with E-state index in [4.69, 9.17) is 11.6 Å². The van der Waals surface area contributed by atoms with Gasteiger partial charge in [0.15, 0.2) is 21.5 Å². The second kappa shape index (κ2) is 9.20. The van der Waals surface area contributed by atoms with Gasteiger partial charge >= 0.3 is 0 Å². The molecule has 1 aliphatic carbocycles. The predicted molar refractivity (Wildman–Crippen MR) is 112 cm³/mol. The Morgan fingerprint density at radius 1 is 1.13 bits per heavy atom. The van der Waals surface area contributed by atoms with Crippen LogP contribution in [0, 0.1) is 17.6 Å². The van der Waals surface area contributed by atoms with E-state index in [1.807, 2.05) is 0 Å². The van der Waals surface area contributed by atoms with Crippen LogP contribution in [0.25, 0.3) is 0 Å². The maximum Gasteiger partial charge on any atom is 0.255 e. The molecule has 0 radical (unpaired) electrons. The molecule has 1 aliphatic rings. The molecule has 2 aromatic rings. The topological polar surface area (TPSA) is 104 Å². The van der Waals surface area contributed by atoms with Gasteiger partial charge in [-0.1, -0.05) is 11.6 Å². The Balaban J connectivity index is 1.76. The number of nitrogens with one attached hydrogen (secondary N) is 1. The van der Waals surface area contributed by atoms with Crippen LogP contribution in [0.2, 0.25) is 5.02 Å². The lowest BCUT2D eigenvalue weighted by molar-refractivity contribution is -0.0498. The van der Waals surface area contributed by atoms with Crippen molar-refractivity contribution < 1.29 is 32.2 Å². The molecule has 3 N–H and O–H groups in total. The van der Waals surface area contributed by atoms with Crippen molar-refractivity contribution in [3.05, 3.63) is 58.6 Å². The summed E-state index contributed by atoms with van der Waals surface area (Å²) < 4.78 is 52.3.